The van der Waals surface area contributed by atoms with Crippen molar-refractivity contribution in [3.05, 3.63) is 42.1 Å². The minimum absolute atomic E-state index is 0.00183. The monoisotopic (exact) mass is 375 g/mol. The van der Waals surface area contributed by atoms with Crippen LogP contribution in [0.3, 0.4) is 0 Å². The molecule has 136 valence electrons. The van der Waals surface area contributed by atoms with Gasteiger partial charge >= 0.3 is 6.01 Å². The molecule has 0 aliphatic rings. The van der Waals surface area contributed by atoms with Crippen molar-refractivity contribution in [3.63, 3.8) is 0 Å². The van der Waals surface area contributed by atoms with Crippen LogP contribution in [0.1, 0.15) is 30.2 Å². The molecule has 0 bridgehead atoms. The lowest BCUT2D eigenvalue weighted by Crippen LogP contribution is -2.16. The van der Waals surface area contributed by atoms with Gasteiger partial charge in [-0.05, 0) is 32.0 Å². The third kappa shape index (κ3) is 3.49. The third-order valence-corrected chi connectivity index (χ3v) is 4.71. The van der Waals surface area contributed by atoms with E-state index in [-0.39, 0.29) is 28.4 Å². The number of hydrogen-bond donors (Lipinski definition) is 1. The van der Waals surface area contributed by atoms with Gasteiger partial charge in [0.25, 0.3) is 11.8 Å². The zero-order chi connectivity index (χ0) is 18.9. The largest absolute Gasteiger partial charge is 0.401 e. The number of carbonyl (C=O) groups excluding carboxylic acids is 1. The smallest absolute Gasteiger partial charge is 0.322 e. The first-order valence-electron chi connectivity index (χ1n) is 7.75. The Morgan fingerprint density at radius 1 is 1.19 bits per heavy atom. The van der Waals surface area contributed by atoms with Crippen LogP contribution in [0.15, 0.2) is 45.8 Å². The number of nitrogens with zero attached hydrogens (tertiary/aromatic N) is 4. The molecule has 0 spiro atoms. The Morgan fingerprint density at radius 3 is 2.62 bits per heavy atom. The second-order valence-corrected chi connectivity index (χ2v) is 7.87. The number of benzene rings is 1. The summed E-state index contributed by atoms with van der Waals surface area (Å²) in [6.07, 6.45) is 2.65. The van der Waals surface area contributed by atoms with Crippen molar-refractivity contribution >= 4 is 21.8 Å². The summed E-state index contributed by atoms with van der Waals surface area (Å²) >= 11 is 0. The van der Waals surface area contributed by atoms with E-state index in [1.807, 2.05) is 13.8 Å². The van der Waals surface area contributed by atoms with Crippen LogP contribution in [0, 0.1) is 0 Å². The Bertz CT molecular complexity index is 1050. The van der Waals surface area contributed by atoms with Gasteiger partial charge in [-0.25, -0.2) is 8.42 Å². The molecule has 0 aliphatic heterocycles. The maximum atomic E-state index is 12.4. The van der Waals surface area contributed by atoms with Gasteiger partial charge in [-0.3, -0.25) is 14.8 Å². The third-order valence-electron chi connectivity index (χ3n) is 3.56. The van der Waals surface area contributed by atoms with Crippen LogP contribution >= 0.6 is 0 Å². The van der Waals surface area contributed by atoms with Gasteiger partial charge in [0.05, 0.1) is 10.5 Å². The molecule has 26 heavy (non-hydrogen) atoms. The summed E-state index contributed by atoms with van der Waals surface area (Å²) in [6, 6.07) is 7.57. The molecular weight excluding hydrogens is 358 g/mol. The fourth-order valence-electron chi connectivity index (χ4n) is 2.41. The second kappa shape index (κ2) is 6.71. The van der Waals surface area contributed by atoms with Crippen LogP contribution < -0.4 is 5.32 Å². The molecule has 9 nitrogen and oxygen atoms in total. The predicted molar refractivity (Wildman–Crippen MR) is 93.4 cm³/mol. The Balaban J connectivity index is 1.87. The highest BCUT2D eigenvalue weighted by molar-refractivity contribution is 7.90. The quantitative estimate of drug-likeness (QED) is 0.725. The molecule has 1 aromatic carbocycles. The topological polar surface area (TPSA) is 120 Å². The van der Waals surface area contributed by atoms with E-state index in [4.69, 9.17) is 4.42 Å². The van der Waals surface area contributed by atoms with Gasteiger partial charge in [-0.15, -0.1) is 5.10 Å². The van der Waals surface area contributed by atoms with Crippen LogP contribution in [0.5, 0.6) is 0 Å². The average molecular weight is 375 g/mol. The SMILES string of the molecule is CC(C)n1nccc1-c1nnc(NC(=O)c2ccccc2S(C)(=O)=O)o1. The molecule has 3 rings (SSSR count). The van der Waals surface area contributed by atoms with Gasteiger partial charge in [0.2, 0.25) is 0 Å². The second-order valence-electron chi connectivity index (χ2n) is 5.89. The molecule has 0 fully saturated rings. The molecule has 1 N–H and O–H groups in total. The van der Waals surface area contributed by atoms with Crippen molar-refractivity contribution in [2.45, 2.75) is 24.8 Å². The molecular formula is C16H17N5O4S. The summed E-state index contributed by atoms with van der Waals surface area (Å²) in [6.45, 7) is 3.91. The van der Waals surface area contributed by atoms with Gasteiger partial charge in [0, 0.05) is 18.5 Å². The van der Waals surface area contributed by atoms with Crippen molar-refractivity contribution in [1.29, 1.82) is 0 Å². The zero-order valence-corrected chi connectivity index (χ0v) is 15.2. The summed E-state index contributed by atoms with van der Waals surface area (Å²) in [5.74, 6) is -0.457. The average Bonchev–Trinajstić information content (AvgIpc) is 3.22. The molecule has 0 radical (unpaired) electrons. The molecule has 0 saturated carbocycles. The molecule has 3 aromatic rings. The normalized spacial score (nSPS) is 11.7. The molecule has 2 heterocycles. The first-order valence-corrected chi connectivity index (χ1v) is 9.64. The minimum Gasteiger partial charge on any atom is -0.401 e. The van der Waals surface area contributed by atoms with Crippen LogP contribution in [-0.4, -0.2) is 40.6 Å². The van der Waals surface area contributed by atoms with Gasteiger partial charge in [0.15, 0.2) is 9.84 Å². The summed E-state index contributed by atoms with van der Waals surface area (Å²) in [4.78, 5) is 12.4. The van der Waals surface area contributed by atoms with Crippen LogP contribution in [0.2, 0.25) is 0 Å². The zero-order valence-electron chi connectivity index (χ0n) is 14.4. The Kier molecular flexibility index (Phi) is 4.60. The number of carbonyl (C=O) groups is 1. The Hall–Kier alpha value is -3.01. The highest BCUT2D eigenvalue weighted by Crippen LogP contribution is 2.23. The minimum atomic E-state index is -3.56. The van der Waals surface area contributed by atoms with E-state index in [1.165, 1.54) is 12.1 Å². The number of aromatic nitrogens is 4. The number of rotatable bonds is 5. The molecule has 1 amide bonds. The van der Waals surface area contributed by atoms with Crippen molar-refractivity contribution in [1.82, 2.24) is 20.0 Å². The molecule has 0 unspecified atom stereocenters. The molecule has 2 aromatic heterocycles. The van der Waals surface area contributed by atoms with E-state index in [9.17, 15) is 13.2 Å². The molecule has 0 atom stereocenters. The van der Waals surface area contributed by atoms with E-state index in [0.29, 0.717) is 5.69 Å². The Morgan fingerprint density at radius 2 is 1.92 bits per heavy atom. The van der Waals surface area contributed by atoms with Crippen LogP contribution in [0.4, 0.5) is 6.01 Å². The number of nitrogens with one attached hydrogen (secondary N) is 1. The number of anilines is 1. The van der Waals surface area contributed by atoms with Crippen molar-refractivity contribution in [2.75, 3.05) is 11.6 Å². The summed E-state index contributed by atoms with van der Waals surface area (Å²) < 4.78 is 30.8. The van der Waals surface area contributed by atoms with E-state index in [2.05, 4.69) is 20.6 Å². The van der Waals surface area contributed by atoms with Gasteiger partial charge in [-0.2, -0.15) is 5.10 Å². The summed E-state index contributed by atoms with van der Waals surface area (Å²) in [7, 11) is -3.56. The molecule has 0 aliphatic carbocycles. The summed E-state index contributed by atoms with van der Waals surface area (Å²) in [5.41, 5.74) is 0.617. The maximum Gasteiger partial charge on any atom is 0.322 e. The standard InChI is InChI=1S/C16H17N5O4S/c1-10(2)21-12(8-9-17-21)15-19-20-16(25-15)18-14(22)11-6-4-5-7-13(11)26(3,23)24/h4-10H,1-3H3,(H,18,20,22). The lowest BCUT2D eigenvalue weighted by atomic mass is 10.2. The van der Waals surface area contributed by atoms with Crippen molar-refractivity contribution in [2.24, 2.45) is 0 Å². The lowest BCUT2D eigenvalue weighted by Gasteiger charge is -2.07. The molecule has 0 saturated heterocycles. The Labute approximate surface area is 150 Å². The van der Waals surface area contributed by atoms with Gasteiger partial charge < -0.3 is 4.42 Å². The van der Waals surface area contributed by atoms with Gasteiger partial charge in [-0.1, -0.05) is 17.2 Å². The van der Waals surface area contributed by atoms with E-state index < -0.39 is 15.7 Å². The van der Waals surface area contributed by atoms with E-state index >= 15 is 0 Å². The van der Waals surface area contributed by atoms with Crippen LogP contribution in [0.25, 0.3) is 11.6 Å². The summed E-state index contributed by atoms with van der Waals surface area (Å²) in [5, 5.41) is 14.3. The van der Waals surface area contributed by atoms with E-state index in [0.717, 1.165) is 6.26 Å². The number of hydrogen-bond acceptors (Lipinski definition) is 7. The van der Waals surface area contributed by atoms with Crippen LogP contribution in [-0.2, 0) is 9.84 Å². The lowest BCUT2D eigenvalue weighted by molar-refractivity contribution is 0.102. The van der Waals surface area contributed by atoms with Crippen molar-refractivity contribution in [3.8, 4) is 11.6 Å². The fourth-order valence-corrected chi connectivity index (χ4v) is 3.30. The van der Waals surface area contributed by atoms with Crippen molar-refractivity contribution < 1.29 is 17.6 Å². The van der Waals surface area contributed by atoms with E-state index in [1.54, 1.807) is 29.1 Å². The first-order chi connectivity index (χ1) is 12.3. The maximum absolute atomic E-state index is 12.4. The highest BCUT2D eigenvalue weighted by atomic mass is 32.2. The molecule has 10 heteroatoms. The number of sulfone groups is 1. The predicted octanol–water partition coefficient (Wildman–Crippen LogP) is 2.17. The first kappa shape index (κ1) is 17.8. The number of amides is 1. The fraction of sp³-hybridized carbons (Fsp3) is 0.250. The van der Waals surface area contributed by atoms with Gasteiger partial charge in [0.1, 0.15) is 5.69 Å². The highest BCUT2D eigenvalue weighted by Gasteiger charge is 2.21.